The van der Waals surface area contributed by atoms with Gasteiger partial charge in [-0.2, -0.15) is 0 Å². The van der Waals surface area contributed by atoms with E-state index in [1.165, 1.54) is 5.56 Å². The molecule has 4 nitrogen and oxygen atoms in total. The van der Waals surface area contributed by atoms with E-state index in [0.29, 0.717) is 13.0 Å². The van der Waals surface area contributed by atoms with Crippen molar-refractivity contribution in [3.63, 3.8) is 0 Å². The number of ether oxygens (including phenoxy) is 1. The number of anilines is 1. The van der Waals surface area contributed by atoms with Crippen molar-refractivity contribution in [2.45, 2.75) is 26.3 Å². The number of nitrogens with zero attached hydrogens (tertiary/aromatic N) is 1. The largest absolute Gasteiger partial charge is 0.496 e. The van der Waals surface area contributed by atoms with Gasteiger partial charge in [-0.3, -0.25) is 4.79 Å². The van der Waals surface area contributed by atoms with Crippen molar-refractivity contribution in [1.82, 2.24) is 0 Å². The molecule has 2 N–H and O–H groups in total. The SMILES string of the molecule is COc1ccccc1CCN(C(=O)[C@@H](N)c1ccccc1)c1ccc(C)c(C)c1. The maximum Gasteiger partial charge on any atom is 0.248 e. The second-order valence-electron chi connectivity index (χ2n) is 7.21. The lowest BCUT2D eigenvalue weighted by atomic mass is 10.0. The number of aryl methyl sites for hydroxylation is 2. The molecular weight excluding hydrogens is 360 g/mol. The van der Waals surface area contributed by atoms with Gasteiger partial charge in [0.25, 0.3) is 0 Å². The van der Waals surface area contributed by atoms with E-state index in [9.17, 15) is 4.79 Å². The van der Waals surface area contributed by atoms with Crippen LogP contribution in [-0.4, -0.2) is 19.6 Å². The van der Waals surface area contributed by atoms with E-state index in [2.05, 4.69) is 13.8 Å². The Morgan fingerprint density at radius 2 is 1.66 bits per heavy atom. The summed E-state index contributed by atoms with van der Waals surface area (Å²) in [7, 11) is 1.66. The number of carbonyl (C=O) groups is 1. The molecule has 3 aromatic carbocycles. The van der Waals surface area contributed by atoms with Gasteiger partial charge in [0, 0.05) is 12.2 Å². The molecule has 0 saturated carbocycles. The summed E-state index contributed by atoms with van der Waals surface area (Å²) in [6, 6.07) is 22.8. The molecule has 4 heteroatoms. The monoisotopic (exact) mass is 388 g/mol. The molecule has 0 spiro atoms. The number of rotatable bonds is 7. The van der Waals surface area contributed by atoms with E-state index in [-0.39, 0.29) is 5.91 Å². The zero-order chi connectivity index (χ0) is 20.8. The lowest BCUT2D eigenvalue weighted by Crippen LogP contribution is -2.40. The second kappa shape index (κ2) is 9.39. The van der Waals surface area contributed by atoms with Crippen LogP contribution in [0.25, 0.3) is 0 Å². The summed E-state index contributed by atoms with van der Waals surface area (Å²) >= 11 is 0. The molecule has 1 atom stereocenters. The predicted molar refractivity (Wildman–Crippen MR) is 118 cm³/mol. The first-order valence-electron chi connectivity index (χ1n) is 9.82. The minimum atomic E-state index is -0.713. The zero-order valence-electron chi connectivity index (χ0n) is 17.3. The third-order valence-electron chi connectivity index (χ3n) is 5.29. The van der Waals surface area contributed by atoms with Gasteiger partial charge in [0.1, 0.15) is 11.8 Å². The summed E-state index contributed by atoms with van der Waals surface area (Å²) < 4.78 is 5.47. The average molecular weight is 389 g/mol. The molecule has 0 aliphatic rings. The van der Waals surface area contributed by atoms with Gasteiger partial charge in [0.2, 0.25) is 5.91 Å². The molecule has 0 aromatic heterocycles. The van der Waals surface area contributed by atoms with E-state index >= 15 is 0 Å². The molecule has 1 amide bonds. The summed E-state index contributed by atoms with van der Waals surface area (Å²) in [6.45, 7) is 4.64. The highest BCUT2D eigenvalue weighted by Crippen LogP contribution is 2.25. The Labute approximate surface area is 172 Å². The van der Waals surface area contributed by atoms with Crippen LogP contribution in [0.4, 0.5) is 5.69 Å². The van der Waals surface area contributed by atoms with Gasteiger partial charge in [0.05, 0.1) is 7.11 Å². The maximum absolute atomic E-state index is 13.4. The first kappa shape index (κ1) is 20.6. The molecule has 0 unspecified atom stereocenters. The van der Waals surface area contributed by atoms with Crippen molar-refractivity contribution < 1.29 is 9.53 Å². The van der Waals surface area contributed by atoms with Crippen LogP contribution in [-0.2, 0) is 11.2 Å². The summed E-state index contributed by atoms with van der Waals surface area (Å²) in [6.07, 6.45) is 0.671. The number of hydrogen-bond donors (Lipinski definition) is 1. The van der Waals surface area contributed by atoms with Gasteiger partial charge in [0.15, 0.2) is 0 Å². The van der Waals surface area contributed by atoms with E-state index in [4.69, 9.17) is 10.5 Å². The van der Waals surface area contributed by atoms with Crippen LogP contribution in [0.5, 0.6) is 5.75 Å². The first-order chi connectivity index (χ1) is 14.0. The van der Waals surface area contributed by atoms with Gasteiger partial charge in [-0.05, 0) is 60.7 Å². The lowest BCUT2D eigenvalue weighted by Gasteiger charge is -2.27. The Morgan fingerprint density at radius 1 is 0.966 bits per heavy atom. The molecule has 3 aromatic rings. The summed E-state index contributed by atoms with van der Waals surface area (Å²) in [5.74, 6) is 0.710. The fourth-order valence-corrected chi connectivity index (χ4v) is 3.37. The number of amides is 1. The fourth-order valence-electron chi connectivity index (χ4n) is 3.37. The van der Waals surface area contributed by atoms with Gasteiger partial charge in [-0.25, -0.2) is 0 Å². The minimum Gasteiger partial charge on any atom is -0.496 e. The summed E-state index contributed by atoms with van der Waals surface area (Å²) in [5.41, 5.74) is 11.4. The highest BCUT2D eigenvalue weighted by molar-refractivity contribution is 5.97. The van der Waals surface area contributed by atoms with Crippen LogP contribution < -0.4 is 15.4 Å². The van der Waals surface area contributed by atoms with Crippen molar-refractivity contribution in [3.8, 4) is 5.75 Å². The highest BCUT2D eigenvalue weighted by Gasteiger charge is 2.24. The first-order valence-corrected chi connectivity index (χ1v) is 9.82. The van der Waals surface area contributed by atoms with Crippen molar-refractivity contribution in [1.29, 1.82) is 0 Å². The Kier molecular flexibility index (Phi) is 6.68. The predicted octanol–water partition coefficient (Wildman–Crippen LogP) is 4.59. The third-order valence-corrected chi connectivity index (χ3v) is 5.29. The molecule has 3 rings (SSSR count). The van der Waals surface area contributed by atoms with Crippen molar-refractivity contribution in [2.75, 3.05) is 18.6 Å². The van der Waals surface area contributed by atoms with Crippen molar-refractivity contribution >= 4 is 11.6 Å². The number of benzene rings is 3. The zero-order valence-corrected chi connectivity index (χ0v) is 17.3. The highest BCUT2D eigenvalue weighted by atomic mass is 16.5. The number of methoxy groups -OCH3 is 1. The van der Waals surface area contributed by atoms with E-state index in [1.807, 2.05) is 72.8 Å². The van der Waals surface area contributed by atoms with Crippen LogP contribution >= 0.6 is 0 Å². The molecule has 0 aliphatic carbocycles. The summed E-state index contributed by atoms with van der Waals surface area (Å²) in [5, 5.41) is 0. The molecule has 0 heterocycles. The van der Waals surface area contributed by atoms with Gasteiger partial charge in [-0.15, -0.1) is 0 Å². The lowest BCUT2D eigenvalue weighted by molar-refractivity contribution is -0.120. The standard InChI is InChI=1S/C25H28N2O2/c1-18-13-14-22(17-19(18)2)27(16-15-20-9-7-8-12-23(20)29-3)25(28)24(26)21-10-5-4-6-11-21/h4-14,17,24H,15-16,26H2,1-3H3/t24-/m0/s1. The van der Waals surface area contributed by atoms with Crippen LogP contribution in [0.2, 0.25) is 0 Å². The molecule has 29 heavy (non-hydrogen) atoms. The summed E-state index contributed by atoms with van der Waals surface area (Å²) in [4.78, 5) is 15.2. The Bertz CT molecular complexity index is 970. The van der Waals surface area contributed by atoms with Crippen LogP contribution in [0.3, 0.4) is 0 Å². The van der Waals surface area contributed by atoms with Crippen LogP contribution in [0.1, 0.15) is 28.3 Å². The Balaban J connectivity index is 1.90. The van der Waals surface area contributed by atoms with Gasteiger partial charge < -0.3 is 15.4 Å². The molecule has 150 valence electrons. The number of carbonyl (C=O) groups excluding carboxylic acids is 1. The number of para-hydroxylation sites is 1. The number of hydrogen-bond acceptors (Lipinski definition) is 3. The third kappa shape index (κ3) is 4.84. The van der Waals surface area contributed by atoms with Crippen LogP contribution in [0.15, 0.2) is 72.8 Å². The molecule has 0 radical (unpaired) electrons. The average Bonchev–Trinajstić information content (AvgIpc) is 2.76. The van der Waals surface area contributed by atoms with E-state index in [0.717, 1.165) is 28.1 Å². The molecule has 0 bridgehead atoms. The van der Waals surface area contributed by atoms with Crippen molar-refractivity contribution in [2.24, 2.45) is 5.73 Å². The second-order valence-corrected chi connectivity index (χ2v) is 7.21. The maximum atomic E-state index is 13.4. The molecular formula is C25H28N2O2. The molecule has 0 fully saturated rings. The topological polar surface area (TPSA) is 55.6 Å². The molecule has 0 aliphatic heterocycles. The normalized spacial score (nSPS) is 11.7. The van der Waals surface area contributed by atoms with Gasteiger partial charge >= 0.3 is 0 Å². The smallest absolute Gasteiger partial charge is 0.248 e. The number of nitrogens with two attached hydrogens (primary N) is 1. The fraction of sp³-hybridized carbons (Fsp3) is 0.240. The van der Waals surface area contributed by atoms with Gasteiger partial charge in [-0.1, -0.05) is 54.6 Å². The molecule has 0 saturated heterocycles. The van der Waals surface area contributed by atoms with E-state index < -0.39 is 6.04 Å². The Morgan fingerprint density at radius 3 is 2.34 bits per heavy atom. The Hall–Kier alpha value is -3.11. The van der Waals surface area contributed by atoms with E-state index in [1.54, 1.807) is 12.0 Å². The van der Waals surface area contributed by atoms with Crippen LogP contribution in [0, 0.1) is 13.8 Å². The quantitative estimate of drug-likeness (QED) is 0.644. The minimum absolute atomic E-state index is 0.116. The van der Waals surface area contributed by atoms with Crippen molar-refractivity contribution in [3.05, 3.63) is 95.1 Å².